The Hall–Kier alpha value is -3.23. The molecule has 0 spiro atoms. The van der Waals surface area contributed by atoms with Gasteiger partial charge in [-0.3, -0.25) is 9.52 Å². The van der Waals surface area contributed by atoms with Crippen molar-refractivity contribution in [3.05, 3.63) is 82.9 Å². The second kappa shape index (κ2) is 9.93. The zero-order valence-electron chi connectivity index (χ0n) is 17.8. The number of rotatable bonds is 8. The summed E-state index contributed by atoms with van der Waals surface area (Å²) in [6.45, 7) is 1.79. The summed E-state index contributed by atoms with van der Waals surface area (Å²) >= 11 is 6.14. The zero-order chi connectivity index (χ0) is 23.3. The molecule has 0 aliphatic rings. The Balaban J connectivity index is 1.85. The van der Waals surface area contributed by atoms with E-state index in [9.17, 15) is 13.2 Å². The fourth-order valence-electron chi connectivity index (χ4n) is 3.10. The van der Waals surface area contributed by atoms with Crippen molar-refractivity contribution < 1.29 is 22.7 Å². The first-order valence-corrected chi connectivity index (χ1v) is 11.5. The zero-order valence-corrected chi connectivity index (χ0v) is 19.3. The van der Waals surface area contributed by atoms with E-state index >= 15 is 0 Å². The molecule has 0 aliphatic carbocycles. The largest absolute Gasteiger partial charge is 0.497 e. The van der Waals surface area contributed by atoms with Gasteiger partial charge in [-0.2, -0.15) is 0 Å². The Bertz CT molecular complexity index is 1220. The van der Waals surface area contributed by atoms with E-state index < -0.39 is 22.0 Å². The lowest BCUT2D eigenvalue weighted by molar-refractivity contribution is 0.0939. The molecule has 2 N–H and O–H groups in total. The molecule has 1 amide bonds. The van der Waals surface area contributed by atoms with Gasteiger partial charge in [-0.25, -0.2) is 8.42 Å². The maximum absolute atomic E-state index is 12.9. The summed E-state index contributed by atoms with van der Waals surface area (Å²) in [5, 5.41) is 2.86. The molecule has 32 heavy (non-hydrogen) atoms. The van der Waals surface area contributed by atoms with Crippen molar-refractivity contribution in [2.75, 3.05) is 18.9 Å². The third-order valence-electron chi connectivity index (χ3n) is 4.76. The van der Waals surface area contributed by atoms with Gasteiger partial charge in [0.05, 0.1) is 25.3 Å². The lowest BCUT2D eigenvalue weighted by Gasteiger charge is -2.18. The number of amides is 1. The van der Waals surface area contributed by atoms with Gasteiger partial charge in [-0.15, -0.1) is 0 Å². The number of carbonyl (C=O) groups excluding carboxylic acids is 1. The number of hydrogen-bond acceptors (Lipinski definition) is 5. The highest BCUT2D eigenvalue weighted by atomic mass is 35.5. The molecule has 3 aromatic rings. The van der Waals surface area contributed by atoms with Crippen LogP contribution < -0.4 is 19.5 Å². The van der Waals surface area contributed by atoms with Crippen LogP contribution in [-0.2, 0) is 10.0 Å². The Morgan fingerprint density at radius 3 is 2.34 bits per heavy atom. The number of ether oxygens (including phenoxy) is 2. The SMILES string of the molecule is COc1ccc(OC)c(C(C)NC(=O)c2ccc(Cl)c(S(=O)(=O)Nc3ccccc3)c2)c1. The Morgan fingerprint density at radius 1 is 0.969 bits per heavy atom. The monoisotopic (exact) mass is 474 g/mol. The Labute approximate surface area is 192 Å². The van der Waals surface area contributed by atoms with Crippen LogP contribution in [0.5, 0.6) is 11.5 Å². The first-order chi connectivity index (χ1) is 15.2. The smallest absolute Gasteiger partial charge is 0.263 e. The average Bonchev–Trinajstić information content (AvgIpc) is 2.79. The molecule has 0 radical (unpaired) electrons. The number of hydrogen-bond donors (Lipinski definition) is 2. The first-order valence-electron chi connectivity index (χ1n) is 9.65. The van der Waals surface area contributed by atoms with Gasteiger partial charge in [0.25, 0.3) is 15.9 Å². The molecule has 168 valence electrons. The molecule has 0 fully saturated rings. The lowest BCUT2D eigenvalue weighted by atomic mass is 10.1. The topological polar surface area (TPSA) is 93.7 Å². The Kier molecular flexibility index (Phi) is 7.27. The summed E-state index contributed by atoms with van der Waals surface area (Å²) in [7, 11) is -0.912. The lowest BCUT2D eigenvalue weighted by Crippen LogP contribution is -2.27. The number of anilines is 1. The summed E-state index contributed by atoms with van der Waals surface area (Å²) < 4.78 is 38.8. The quantitative estimate of drug-likeness (QED) is 0.495. The predicted molar refractivity (Wildman–Crippen MR) is 124 cm³/mol. The van der Waals surface area contributed by atoms with Gasteiger partial charge in [-0.1, -0.05) is 29.8 Å². The number of methoxy groups -OCH3 is 2. The van der Waals surface area contributed by atoms with Crippen molar-refractivity contribution in [2.45, 2.75) is 17.9 Å². The molecule has 0 bridgehead atoms. The summed E-state index contributed by atoms with van der Waals surface area (Å²) in [6, 6.07) is 17.3. The van der Waals surface area contributed by atoms with E-state index in [2.05, 4.69) is 10.0 Å². The van der Waals surface area contributed by atoms with Crippen LogP contribution in [0.2, 0.25) is 5.02 Å². The van der Waals surface area contributed by atoms with Crippen LogP contribution >= 0.6 is 11.6 Å². The molecule has 7 nitrogen and oxygen atoms in total. The summed E-state index contributed by atoms with van der Waals surface area (Å²) in [6.07, 6.45) is 0. The van der Waals surface area contributed by atoms with Crippen molar-refractivity contribution in [1.82, 2.24) is 5.32 Å². The van der Waals surface area contributed by atoms with Gasteiger partial charge in [0.2, 0.25) is 0 Å². The van der Waals surface area contributed by atoms with Gasteiger partial charge in [0.15, 0.2) is 0 Å². The van der Waals surface area contributed by atoms with Crippen molar-refractivity contribution in [2.24, 2.45) is 0 Å². The van der Waals surface area contributed by atoms with E-state index in [1.165, 1.54) is 25.3 Å². The number of benzene rings is 3. The molecule has 0 aliphatic heterocycles. The standard InChI is InChI=1S/C23H23ClN2O5S/c1-15(19-14-18(30-2)10-12-21(19)31-3)25-23(27)16-9-11-20(24)22(13-16)32(28,29)26-17-7-5-4-6-8-17/h4-15,26H,1-3H3,(H,25,27). The van der Waals surface area contributed by atoms with E-state index in [4.69, 9.17) is 21.1 Å². The van der Waals surface area contributed by atoms with Crippen molar-refractivity contribution in [3.63, 3.8) is 0 Å². The van der Waals surface area contributed by atoms with Gasteiger partial charge >= 0.3 is 0 Å². The number of nitrogens with one attached hydrogen (secondary N) is 2. The normalized spacial score (nSPS) is 12.0. The molecule has 0 heterocycles. The predicted octanol–water partition coefficient (Wildman–Crippen LogP) is 4.65. The van der Waals surface area contributed by atoms with Crippen LogP contribution in [0.3, 0.4) is 0 Å². The van der Waals surface area contributed by atoms with E-state index in [-0.39, 0.29) is 15.5 Å². The molecular formula is C23H23ClN2O5S. The molecule has 3 rings (SSSR count). The Morgan fingerprint density at radius 2 is 1.69 bits per heavy atom. The third-order valence-corrected chi connectivity index (χ3v) is 6.62. The highest BCUT2D eigenvalue weighted by Crippen LogP contribution is 2.30. The minimum Gasteiger partial charge on any atom is -0.497 e. The molecular weight excluding hydrogens is 452 g/mol. The molecule has 3 aromatic carbocycles. The van der Waals surface area contributed by atoms with E-state index in [1.54, 1.807) is 62.6 Å². The van der Waals surface area contributed by atoms with Crippen molar-refractivity contribution >= 4 is 33.2 Å². The van der Waals surface area contributed by atoms with Crippen molar-refractivity contribution in [3.8, 4) is 11.5 Å². The fourth-order valence-corrected chi connectivity index (χ4v) is 4.69. The van der Waals surface area contributed by atoms with Gasteiger partial charge in [0.1, 0.15) is 16.4 Å². The van der Waals surface area contributed by atoms with Crippen LogP contribution in [0, 0.1) is 0 Å². The molecule has 1 atom stereocenters. The molecule has 0 saturated heterocycles. The number of carbonyl (C=O) groups is 1. The minimum absolute atomic E-state index is 0.00694. The van der Waals surface area contributed by atoms with E-state index in [1.807, 2.05) is 0 Å². The fraction of sp³-hybridized carbons (Fsp3) is 0.174. The van der Waals surface area contributed by atoms with Crippen LogP contribution in [0.1, 0.15) is 28.9 Å². The number of para-hydroxylation sites is 1. The summed E-state index contributed by atoms with van der Waals surface area (Å²) in [5.41, 5.74) is 1.25. The van der Waals surface area contributed by atoms with Crippen LogP contribution in [0.25, 0.3) is 0 Å². The van der Waals surface area contributed by atoms with Crippen LogP contribution in [-0.4, -0.2) is 28.5 Å². The van der Waals surface area contributed by atoms with Crippen LogP contribution in [0.4, 0.5) is 5.69 Å². The van der Waals surface area contributed by atoms with E-state index in [0.29, 0.717) is 22.7 Å². The van der Waals surface area contributed by atoms with Gasteiger partial charge in [-0.05, 0) is 55.5 Å². The molecule has 0 aromatic heterocycles. The number of sulfonamides is 1. The first kappa shape index (κ1) is 23.4. The molecule has 9 heteroatoms. The maximum Gasteiger partial charge on any atom is 0.263 e. The average molecular weight is 475 g/mol. The van der Waals surface area contributed by atoms with Crippen LogP contribution in [0.15, 0.2) is 71.6 Å². The van der Waals surface area contributed by atoms with Gasteiger partial charge in [0, 0.05) is 16.8 Å². The van der Waals surface area contributed by atoms with Crippen molar-refractivity contribution in [1.29, 1.82) is 0 Å². The van der Waals surface area contributed by atoms with E-state index in [0.717, 1.165) is 0 Å². The summed E-state index contributed by atoms with van der Waals surface area (Å²) in [4.78, 5) is 12.7. The molecule has 1 unspecified atom stereocenters. The maximum atomic E-state index is 12.9. The second-order valence-corrected chi connectivity index (χ2v) is 8.98. The minimum atomic E-state index is -4.00. The van der Waals surface area contributed by atoms with Gasteiger partial charge < -0.3 is 14.8 Å². The number of halogens is 1. The highest BCUT2D eigenvalue weighted by Gasteiger charge is 2.22. The summed E-state index contributed by atoms with van der Waals surface area (Å²) in [5.74, 6) is 0.744. The highest BCUT2D eigenvalue weighted by molar-refractivity contribution is 7.92. The second-order valence-electron chi connectivity index (χ2n) is 6.92. The third kappa shape index (κ3) is 5.33. The molecule has 0 saturated carbocycles.